The molecule has 8 rings (SSSR count). The maximum Gasteiger partial charge on any atom is 0.0464 e. The van der Waals surface area contributed by atoms with E-state index in [0.29, 0.717) is 0 Å². The smallest absolute Gasteiger partial charge is 0.0464 e. The zero-order valence-electron chi connectivity index (χ0n) is 33.7. The Bertz CT molecular complexity index is 2430. The van der Waals surface area contributed by atoms with Gasteiger partial charge in [-0.05, 0) is 152 Å². The summed E-state index contributed by atoms with van der Waals surface area (Å²) in [6.45, 7) is 8.56. The minimum atomic E-state index is 1.14. The highest BCUT2D eigenvalue weighted by molar-refractivity contribution is 5.92. The van der Waals surface area contributed by atoms with Crippen molar-refractivity contribution in [2.75, 3.05) is 4.90 Å². The summed E-state index contributed by atoms with van der Waals surface area (Å²) < 4.78 is 0. The summed E-state index contributed by atoms with van der Waals surface area (Å²) in [5.41, 5.74) is 21.1. The van der Waals surface area contributed by atoms with Gasteiger partial charge >= 0.3 is 0 Å². The molecule has 0 atom stereocenters. The largest absolute Gasteiger partial charge is 0.310 e. The second-order valence-corrected chi connectivity index (χ2v) is 15.6. The first-order valence-electron chi connectivity index (χ1n) is 20.4. The second-order valence-electron chi connectivity index (χ2n) is 15.6. The predicted molar refractivity (Wildman–Crippen MR) is 246 cm³/mol. The molecule has 1 aliphatic rings. The van der Waals surface area contributed by atoms with E-state index in [-0.39, 0.29) is 0 Å². The van der Waals surface area contributed by atoms with E-state index < -0.39 is 0 Å². The van der Waals surface area contributed by atoms with E-state index >= 15 is 0 Å². The van der Waals surface area contributed by atoms with Gasteiger partial charge < -0.3 is 4.90 Å². The topological polar surface area (TPSA) is 3.24 Å². The molecule has 0 aromatic heterocycles. The number of anilines is 3. The van der Waals surface area contributed by atoms with Gasteiger partial charge in [-0.1, -0.05) is 168 Å². The number of benzene rings is 7. The SMILES string of the molecule is Cc1ccc(C(=C/C=C/c2ccc(N(c3ccc(C=C(c4ccc(C)cc4)c4ccc(C)cc4)cc3)c3ccc4c(c3)CCCC4)cc2)c2ccc(C)cc2)cc1. The number of nitrogens with zero attached hydrogens (tertiary/aromatic N) is 1. The van der Waals surface area contributed by atoms with Gasteiger partial charge in [-0.3, -0.25) is 0 Å². The van der Waals surface area contributed by atoms with E-state index in [1.807, 2.05) is 0 Å². The monoisotopic (exact) mass is 737 g/mol. The molecular weight excluding hydrogens is 687 g/mol. The van der Waals surface area contributed by atoms with E-state index in [1.54, 1.807) is 0 Å². The molecule has 0 radical (unpaired) electrons. The van der Waals surface area contributed by atoms with Crippen molar-refractivity contribution in [3.05, 3.63) is 243 Å². The molecule has 1 aliphatic carbocycles. The van der Waals surface area contributed by atoms with Crippen LogP contribution in [0.5, 0.6) is 0 Å². The van der Waals surface area contributed by atoms with E-state index in [2.05, 4.69) is 221 Å². The van der Waals surface area contributed by atoms with Gasteiger partial charge in [-0.2, -0.15) is 0 Å². The van der Waals surface area contributed by atoms with Crippen molar-refractivity contribution in [1.29, 1.82) is 0 Å². The number of aryl methyl sites for hydroxylation is 6. The number of allylic oxidation sites excluding steroid dienone is 2. The third kappa shape index (κ3) is 9.01. The van der Waals surface area contributed by atoms with E-state index in [4.69, 9.17) is 0 Å². The molecule has 7 aromatic carbocycles. The maximum atomic E-state index is 2.42. The highest BCUT2D eigenvalue weighted by atomic mass is 15.1. The first kappa shape index (κ1) is 37.5. The van der Waals surface area contributed by atoms with Gasteiger partial charge in [0, 0.05) is 17.1 Å². The summed E-state index contributed by atoms with van der Waals surface area (Å²) in [5.74, 6) is 0. The second kappa shape index (κ2) is 17.1. The highest BCUT2D eigenvalue weighted by Crippen LogP contribution is 2.38. The van der Waals surface area contributed by atoms with Crippen molar-refractivity contribution in [3.63, 3.8) is 0 Å². The van der Waals surface area contributed by atoms with Crippen LogP contribution in [0.1, 0.15) is 79.6 Å². The third-order valence-electron chi connectivity index (χ3n) is 11.2. The molecular formula is C56H51N. The Morgan fingerprint density at radius 2 is 0.807 bits per heavy atom. The summed E-state index contributed by atoms with van der Waals surface area (Å²) in [6, 6.07) is 60.4. The van der Waals surface area contributed by atoms with E-state index in [9.17, 15) is 0 Å². The molecule has 0 spiro atoms. The van der Waals surface area contributed by atoms with E-state index in [0.717, 1.165) is 23.4 Å². The molecule has 57 heavy (non-hydrogen) atoms. The summed E-state index contributed by atoms with van der Waals surface area (Å²) >= 11 is 0. The average Bonchev–Trinajstić information content (AvgIpc) is 3.24. The Labute approximate surface area is 340 Å². The Hall–Kier alpha value is -6.44. The molecule has 0 N–H and O–H groups in total. The van der Waals surface area contributed by atoms with Crippen LogP contribution < -0.4 is 4.90 Å². The van der Waals surface area contributed by atoms with Gasteiger partial charge in [0.15, 0.2) is 0 Å². The first-order valence-corrected chi connectivity index (χ1v) is 20.4. The molecule has 1 nitrogen and oxygen atoms in total. The molecule has 0 bridgehead atoms. The van der Waals surface area contributed by atoms with Crippen LogP contribution in [0.15, 0.2) is 176 Å². The Kier molecular flexibility index (Phi) is 11.3. The molecule has 0 amide bonds. The van der Waals surface area contributed by atoms with Crippen molar-refractivity contribution >= 4 is 40.4 Å². The fourth-order valence-electron chi connectivity index (χ4n) is 7.81. The van der Waals surface area contributed by atoms with Crippen LogP contribution in [0, 0.1) is 27.7 Å². The lowest BCUT2D eigenvalue weighted by molar-refractivity contribution is 0.685. The summed E-state index contributed by atoms with van der Waals surface area (Å²) in [5, 5.41) is 0. The standard InChI is InChI=1S/C56H51N/c1-40-12-24-47(25-13-40)55(48-26-14-41(2)15-27-48)11-7-8-44-20-33-52(34-21-44)57(54-37-32-46-9-5-6-10-51(46)39-54)53-35-22-45(23-36-53)38-56(49-28-16-42(3)17-29-49)50-30-18-43(4)19-31-50/h7-8,11-39H,5-6,9-10H2,1-4H3/b8-7+. The number of rotatable bonds is 10. The first-order chi connectivity index (χ1) is 27.9. The predicted octanol–water partition coefficient (Wildman–Crippen LogP) is 15.0. The fourth-order valence-corrected chi connectivity index (χ4v) is 7.81. The van der Waals surface area contributed by atoms with Gasteiger partial charge in [0.1, 0.15) is 0 Å². The van der Waals surface area contributed by atoms with Crippen LogP contribution in [0.25, 0.3) is 23.3 Å². The average molecular weight is 738 g/mol. The quantitative estimate of drug-likeness (QED) is 0.0998. The number of fused-ring (bicyclic) bond motifs is 1. The molecule has 7 aromatic rings. The number of hydrogen-bond donors (Lipinski definition) is 0. The third-order valence-corrected chi connectivity index (χ3v) is 11.2. The Balaban J connectivity index is 1.12. The van der Waals surface area contributed by atoms with Crippen LogP contribution in [-0.2, 0) is 12.8 Å². The molecule has 0 aliphatic heterocycles. The van der Waals surface area contributed by atoms with Crippen LogP contribution >= 0.6 is 0 Å². The van der Waals surface area contributed by atoms with Crippen LogP contribution in [0.3, 0.4) is 0 Å². The summed E-state index contributed by atoms with van der Waals surface area (Å²) in [7, 11) is 0. The maximum absolute atomic E-state index is 2.42. The Morgan fingerprint density at radius 1 is 0.404 bits per heavy atom. The fraction of sp³-hybridized carbons (Fsp3) is 0.143. The molecule has 280 valence electrons. The van der Waals surface area contributed by atoms with Gasteiger partial charge in [-0.15, -0.1) is 0 Å². The van der Waals surface area contributed by atoms with Crippen molar-refractivity contribution in [2.24, 2.45) is 0 Å². The number of hydrogen-bond acceptors (Lipinski definition) is 1. The van der Waals surface area contributed by atoms with Crippen molar-refractivity contribution in [1.82, 2.24) is 0 Å². The highest BCUT2D eigenvalue weighted by Gasteiger charge is 2.17. The zero-order valence-corrected chi connectivity index (χ0v) is 33.7. The van der Waals surface area contributed by atoms with Crippen LogP contribution in [0.2, 0.25) is 0 Å². The van der Waals surface area contributed by atoms with Gasteiger partial charge in [0.2, 0.25) is 0 Å². The van der Waals surface area contributed by atoms with Crippen LogP contribution in [0.4, 0.5) is 17.1 Å². The summed E-state index contributed by atoms with van der Waals surface area (Å²) in [6.07, 6.45) is 13.8. The van der Waals surface area contributed by atoms with Crippen molar-refractivity contribution in [2.45, 2.75) is 53.4 Å². The van der Waals surface area contributed by atoms with Crippen molar-refractivity contribution in [3.8, 4) is 0 Å². The molecule has 1 heteroatoms. The molecule has 0 saturated carbocycles. The van der Waals surface area contributed by atoms with E-state index in [1.165, 1.54) is 97.3 Å². The zero-order chi connectivity index (χ0) is 39.1. The molecule has 0 saturated heterocycles. The van der Waals surface area contributed by atoms with Gasteiger partial charge in [0.05, 0.1) is 0 Å². The minimum Gasteiger partial charge on any atom is -0.310 e. The van der Waals surface area contributed by atoms with Crippen LogP contribution in [-0.4, -0.2) is 0 Å². The molecule has 0 unspecified atom stereocenters. The Morgan fingerprint density at radius 3 is 1.28 bits per heavy atom. The van der Waals surface area contributed by atoms with Gasteiger partial charge in [-0.25, -0.2) is 0 Å². The minimum absolute atomic E-state index is 1.14. The van der Waals surface area contributed by atoms with Crippen molar-refractivity contribution < 1.29 is 0 Å². The lowest BCUT2D eigenvalue weighted by Crippen LogP contribution is -2.12. The summed E-state index contributed by atoms with van der Waals surface area (Å²) in [4.78, 5) is 2.41. The lowest BCUT2D eigenvalue weighted by atomic mass is 9.91. The molecule has 0 heterocycles. The molecule has 0 fully saturated rings. The normalized spacial score (nSPS) is 12.2. The van der Waals surface area contributed by atoms with Gasteiger partial charge in [0.25, 0.3) is 0 Å². The lowest BCUT2D eigenvalue weighted by Gasteiger charge is -2.27.